The van der Waals surface area contributed by atoms with Gasteiger partial charge in [0.15, 0.2) is 9.84 Å². The lowest BCUT2D eigenvalue weighted by molar-refractivity contribution is -0.162. The van der Waals surface area contributed by atoms with Crippen molar-refractivity contribution >= 4 is 44.9 Å². The average Bonchev–Trinajstić information content (AvgIpc) is 3.84. The number of carboxylic acid groups (broad SMARTS) is 1. The zero-order valence-corrected chi connectivity index (χ0v) is 27.2. The Morgan fingerprint density at radius 1 is 1.07 bits per heavy atom. The first-order chi connectivity index (χ1) is 21.4. The van der Waals surface area contributed by atoms with Gasteiger partial charge in [-0.1, -0.05) is 72.6 Å². The van der Waals surface area contributed by atoms with Crippen LogP contribution in [0.25, 0.3) is 0 Å². The minimum absolute atomic E-state index is 0.102. The predicted molar refractivity (Wildman–Crippen MR) is 174 cm³/mol. The molecule has 2 aliphatic rings. The third-order valence-corrected chi connectivity index (χ3v) is 11.9. The summed E-state index contributed by atoms with van der Waals surface area (Å²) in [5.74, 6) is -2.81. The van der Waals surface area contributed by atoms with E-state index in [1.165, 1.54) is 30.3 Å². The van der Waals surface area contributed by atoms with Crippen LogP contribution in [0.15, 0.2) is 85.5 Å². The van der Waals surface area contributed by atoms with Crippen LogP contribution in [-0.2, 0) is 19.4 Å². The van der Waals surface area contributed by atoms with Gasteiger partial charge < -0.3 is 10.0 Å². The number of carbonyl (C=O) groups is 2. The normalized spacial score (nSPS) is 23.4. The van der Waals surface area contributed by atoms with E-state index in [1.807, 2.05) is 37.3 Å². The van der Waals surface area contributed by atoms with Gasteiger partial charge in [0.2, 0.25) is 5.91 Å². The number of likely N-dealkylation sites (tertiary alicyclic amines) is 1. The van der Waals surface area contributed by atoms with Crippen LogP contribution in [0.1, 0.15) is 72.9 Å². The standard InChI is InChI=1S/C35H36Cl2FNO5S/c1-3-31(23-12-16-28(38)17-13-23)45(43,44)21-30(22-8-9-22)39-33(24-10-14-26(36)15-11-24)29(25-6-5-7-27(37)18-25)19-35(4-2,34(39)42)20-32(40)41/h3,5-7,10-18,22,29-31,33H,1,4,8-9,19-21H2,2H3,(H,40,41). The molecule has 0 spiro atoms. The summed E-state index contributed by atoms with van der Waals surface area (Å²) in [4.78, 5) is 28.8. The molecule has 1 heterocycles. The Morgan fingerprint density at radius 3 is 2.29 bits per heavy atom. The number of carboxylic acids is 1. The second-order valence-corrected chi connectivity index (χ2v) is 15.3. The van der Waals surface area contributed by atoms with Crippen LogP contribution in [0.4, 0.5) is 4.39 Å². The van der Waals surface area contributed by atoms with Crippen molar-refractivity contribution in [2.24, 2.45) is 11.3 Å². The van der Waals surface area contributed by atoms with Crippen LogP contribution in [0.3, 0.4) is 0 Å². The molecule has 2 fully saturated rings. The summed E-state index contributed by atoms with van der Waals surface area (Å²) >= 11 is 12.7. The molecule has 1 saturated carbocycles. The van der Waals surface area contributed by atoms with Gasteiger partial charge in [0.05, 0.1) is 23.6 Å². The highest BCUT2D eigenvalue weighted by molar-refractivity contribution is 7.91. The molecule has 3 aromatic rings. The average molecular weight is 673 g/mol. The van der Waals surface area contributed by atoms with E-state index in [9.17, 15) is 27.5 Å². The van der Waals surface area contributed by atoms with Crippen molar-refractivity contribution < 1.29 is 27.5 Å². The van der Waals surface area contributed by atoms with Gasteiger partial charge in [-0.25, -0.2) is 12.8 Å². The molecule has 3 aromatic carbocycles. The molecule has 5 unspecified atom stereocenters. The second-order valence-electron chi connectivity index (χ2n) is 12.2. The van der Waals surface area contributed by atoms with Crippen LogP contribution >= 0.6 is 23.2 Å². The molecule has 5 rings (SSSR count). The zero-order chi connectivity index (χ0) is 32.5. The first kappa shape index (κ1) is 33.2. The maximum Gasteiger partial charge on any atom is 0.304 e. The van der Waals surface area contributed by atoms with Crippen molar-refractivity contribution in [1.29, 1.82) is 0 Å². The summed E-state index contributed by atoms with van der Waals surface area (Å²) in [5, 5.41) is 9.93. The van der Waals surface area contributed by atoms with Gasteiger partial charge in [0.1, 0.15) is 11.1 Å². The van der Waals surface area contributed by atoms with Gasteiger partial charge in [-0.3, -0.25) is 9.59 Å². The van der Waals surface area contributed by atoms with E-state index in [4.69, 9.17) is 23.2 Å². The van der Waals surface area contributed by atoms with Gasteiger partial charge in [-0.2, -0.15) is 0 Å². The van der Waals surface area contributed by atoms with Crippen LogP contribution in [0.5, 0.6) is 0 Å². The molecular formula is C35H36Cl2FNO5S. The number of halogens is 3. The number of rotatable bonds is 12. The van der Waals surface area contributed by atoms with Crippen molar-refractivity contribution in [3.8, 4) is 0 Å². The van der Waals surface area contributed by atoms with Gasteiger partial charge in [0, 0.05) is 22.0 Å². The smallest absolute Gasteiger partial charge is 0.304 e. The fourth-order valence-corrected chi connectivity index (χ4v) is 9.23. The Labute approximate surface area is 273 Å². The summed E-state index contributed by atoms with van der Waals surface area (Å²) in [7, 11) is -3.98. The van der Waals surface area contributed by atoms with Crippen LogP contribution in [0, 0.1) is 17.2 Å². The Morgan fingerprint density at radius 2 is 1.73 bits per heavy atom. The predicted octanol–water partition coefficient (Wildman–Crippen LogP) is 8.18. The number of hydrogen-bond donors (Lipinski definition) is 1. The van der Waals surface area contributed by atoms with Gasteiger partial charge in [-0.15, -0.1) is 6.58 Å². The van der Waals surface area contributed by atoms with Crippen molar-refractivity contribution in [1.82, 2.24) is 4.90 Å². The minimum Gasteiger partial charge on any atom is -0.481 e. The largest absolute Gasteiger partial charge is 0.481 e. The van der Waals surface area contributed by atoms with E-state index in [1.54, 1.807) is 23.1 Å². The maximum absolute atomic E-state index is 14.9. The lowest BCUT2D eigenvalue weighted by Crippen LogP contribution is -2.59. The molecule has 10 heteroatoms. The highest BCUT2D eigenvalue weighted by Gasteiger charge is 2.56. The number of carbonyl (C=O) groups excluding carboxylic acids is 1. The number of benzene rings is 3. The molecule has 6 nitrogen and oxygen atoms in total. The Kier molecular flexibility index (Phi) is 9.78. The third-order valence-electron chi connectivity index (χ3n) is 9.36. The number of aliphatic carboxylic acids is 1. The van der Waals surface area contributed by atoms with E-state index in [0.717, 1.165) is 24.0 Å². The Balaban J connectivity index is 1.69. The summed E-state index contributed by atoms with van der Waals surface area (Å²) < 4.78 is 42.1. The SMILES string of the molecule is C=CC(c1ccc(F)cc1)S(=O)(=O)CC(C1CC1)N1C(=O)C(CC)(CC(=O)O)CC(c2cccc(Cl)c2)C1c1ccc(Cl)cc1. The number of amides is 1. The number of sulfone groups is 1. The minimum atomic E-state index is -3.98. The Bertz CT molecular complexity index is 1680. The van der Waals surface area contributed by atoms with E-state index in [0.29, 0.717) is 15.6 Å². The lowest BCUT2D eigenvalue weighted by Gasteiger charge is -2.53. The molecule has 0 aromatic heterocycles. The van der Waals surface area contributed by atoms with Gasteiger partial charge >= 0.3 is 5.97 Å². The fourth-order valence-electron chi connectivity index (χ4n) is 6.93. The summed E-state index contributed by atoms with van der Waals surface area (Å²) in [6.45, 7) is 5.58. The maximum atomic E-state index is 14.9. The molecule has 1 aliphatic carbocycles. The quantitative estimate of drug-likeness (QED) is 0.196. The molecule has 1 aliphatic heterocycles. The topological polar surface area (TPSA) is 91.8 Å². The number of hydrogen-bond acceptors (Lipinski definition) is 4. The molecule has 1 amide bonds. The Hall–Kier alpha value is -3.20. The molecule has 45 heavy (non-hydrogen) atoms. The molecule has 1 saturated heterocycles. The van der Waals surface area contributed by atoms with Crippen molar-refractivity contribution in [2.45, 2.75) is 62.3 Å². The lowest BCUT2D eigenvalue weighted by atomic mass is 9.65. The molecule has 5 atom stereocenters. The number of piperidine rings is 1. The molecule has 0 bridgehead atoms. The van der Waals surface area contributed by atoms with E-state index in [2.05, 4.69) is 6.58 Å². The summed E-state index contributed by atoms with van der Waals surface area (Å²) in [5.41, 5.74) is 0.703. The molecule has 1 N–H and O–H groups in total. The van der Waals surface area contributed by atoms with E-state index < -0.39 is 56.7 Å². The van der Waals surface area contributed by atoms with Gasteiger partial charge in [0.25, 0.3) is 0 Å². The zero-order valence-electron chi connectivity index (χ0n) is 24.9. The number of nitrogens with zero attached hydrogens (tertiary/aromatic N) is 1. The monoisotopic (exact) mass is 671 g/mol. The highest BCUT2D eigenvalue weighted by Crippen LogP contribution is 2.55. The highest BCUT2D eigenvalue weighted by atomic mass is 35.5. The fraction of sp³-hybridized carbons (Fsp3) is 0.371. The van der Waals surface area contributed by atoms with Crippen molar-refractivity contribution in [2.75, 3.05) is 5.75 Å². The van der Waals surface area contributed by atoms with Crippen molar-refractivity contribution in [3.63, 3.8) is 0 Å². The van der Waals surface area contributed by atoms with Gasteiger partial charge in [-0.05, 0) is 84.7 Å². The van der Waals surface area contributed by atoms with E-state index in [-0.39, 0.29) is 30.4 Å². The second kappa shape index (κ2) is 13.3. The van der Waals surface area contributed by atoms with Crippen LogP contribution in [-0.4, -0.2) is 42.1 Å². The van der Waals surface area contributed by atoms with Crippen molar-refractivity contribution in [3.05, 3.63) is 118 Å². The summed E-state index contributed by atoms with van der Waals surface area (Å²) in [6, 6.07) is 18.4. The molecular weight excluding hydrogens is 636 g/mol. The summed E-state index contributed by atoms with van der Waals surface area (Å²) in [6.07, 6.45) is 2.90. The third kappa shape index (κ3) is 6.98. The molecule has 0 radical (unpaired) electrons. The van der Waals surface area contributed by atoms with Crippen LogP contribution < -0.4 is 0 Å². The first-order valence-corrected chi connectivity index (χ1v) is 17.5. The van der Waals surface area contributed by atoms with Crippen LogP contribution in [0.2, 0.25) is 10.0 Å². The van der Waals surface area contributed by atoms with E-state index >= 15 is 0 Å². The first-order valence-electron chi connectivity index (χ1n) is 15.0. The molecule has 238 valence electrons.